The summed E-state index contributed by atoms with van der Waals surface area (Å²) in [6.45, 7) is 4.72. The zero-order valence-corrected chi connectivity index (χ0v) is 19.2. The Morgan fingerprint density at radius 2 is 1.94 bits per heavy atom. The van der Waals surface area contributed by atoms with Crippen molar-refractivity contribution in [3.8, 4) is 5.69 Å². The van der Waals surface area contributed by atoms with Crippen molar-refractivity contribution in [1.82, 2.24) is 30.0 Å². The Bertz CT molecular complexity index is 1320. The highest BCUT2D eigenvalue weighted by atomic mass is 16.5. The third-order valence-corrected chi connectivity index (χ3v) is 5.72. The highest BCUT2D eigenvalue weighted by Gasteiger charge is 2.12. The lowest BCUT2D eigenvalue weighted by atomic mass is 10.1. The number of carbonyl (C=O) groups excluding carboxylic acids is 1. The monoisotopic (exact) mass is 470 g/mol. The standard InChI is InChI=1S/C25H26N8O2/c34-25(26-9-10-32-11-13-35-14-12-32)20-6-4-5-19(15-20)16-29-31-23-22-17-30-33(24(22)28-18-27-23)21-7-2-1-3-8-21/h1-8,15-18H,9-14H2,(H,26,34)(H,27,28,31)/b29-16-. The molecule has 10 heteroatoms. The molecule has 0 spiro atoms. The van der Waals surface area contributed by atoms with Gasteiger partial charge in [0.15, 0.2) is 11.5 Å². The predicted molar refractivity (Wildman–Crippen MR) is 134 cm³/mol. The number of morpholine rings is 1. The van der Waals surface area contributed by atoms with E-state index in [1.165, 1.54) is 6.33 Å². The Morgan fingerprint density at radius 1 is 1.09 bits per heavy atom. The van der Waals surface area contributed by atoms with Crippen molar-refractivity contribution in [3.63, 3.8) is 0 Å². The summed E-state index contributed by atoms with van der Waals surface area (Å²) >= 11 is 0. The van der Waals surface area contributed by atoms with Gasteiger partial charge in [0.25, 0.3) is 5.91 Å². The summed E-state index contributed by atoms with van der Waals surface area (Å²) in [5, 5.41) is 12.5. The van der Waals surface area contributed by atoms with Crippen molar-refractivity contribution in [1.29, 1.82) is 0 Å². The van der Waals surface area contributed by atoms with Gasteiger partial charge in [0, 0.05) is 31.7 Å². The molecule has 1 amide bonds. The van der Waals surface area contributed by atoms with Crippen molar-refractivity contribution in [3.05, 3.63) is 78.2 Å². The number of nitrogens with zero attached hydrogens (tertiary/aromatic N) is 6. The van der Waals surface area contributed by atoms with Crippen LogP contribution >= 0.6 is 0 Å². The summed E-state index contributed by atoms with van der Waals surface area (Å²) in [5.74, 6) is 0.442. The quantitative estimate of drug-likeness (QED) is 0.300. The molecule has 1 fully saturated rings. The molecular weight excluding hydrogens is 444 g/mol. The SMILES string of the molecule is O=C(NCCN1CCOCC1)c1cccc(/C=N\Nc2ncnc3c2cnn3-c2ccccc2)c1. The van der Waals surface area contributed by atoms with Crippen molar-refractivity contribution < 1.29 is 9.53 Å². The Labute approximate surface area is 202 Å². The number of para-hydroxylation sites is 1. The van der Waals surface area contributed by atoms with E-state index < -0.39 is 0 Å². The molecule has 3 heterocycles. The van der Waals surface area contributed by atoms with Crippen molar-refractivity contribution in [2.45, 2.75) is 0 Å². The average Bonchev–Trinajstić information content (AvgIpc) is 3.35. The number of benzene rings is 2. The first-order valence-corrected chi connectivity index (χ1v) is 11.5. The summed E-state index contributed by atoms with van der Waals surface area (Å²) in [6, 6.07) is 17.1. The van der Waals surface area contributed by atoms with Gasteiger partial charge < -0.3 is 10.1 Å². The number of rotatable bonds is 8. The number of hydrazone groups is 1. The van der Waals surface area contributed by atoms with Crippen LogP contribution in [0.2, 0.25) is 0 Å². The van der Waals surface area contributed by atoms with E-state index in [4.69, 9.17) is 4.74 Å². The number of anilines is 1. The maximum atomic E-state index is 12.6. The van der Waals surface area contributed by atoms with Gasteiger partial charge in [0.1, 0.15) is 6.33 Å². The van der Waals surface area contributed by atoms with E-state index in [0.29, 0.717) is 23.6 Å². The Kier molecular flexibility index (Phi) is 7.02. The third-order valence-electron chi connectivity index (χ3n) is 5.72. The third kappa shape index (κ3) is 5.51. The van der Waals surface area contributed by atoms with E-state index in [9.17, 15) is 4.79 Å². The summed E-state index contributed by atoms with van der Waals surface area (Å²) in [6.07, 6.45) is 4.84. The van der Waals surface area contributed by atoms with E-state index in [-0.39, 0.29) is 5.91 Å². The molecule has 10 nitrogen and oxygen atoms in total. The molecule has 2 N–H and O–H groups in total. The molecule has 1 aliphatic rings. The summed E-state index contributed by atoms with van der Waals surface area (Å²) in [7, 11) is 0. The van der Waals surface area contributed by atoms with Gasteiger partial charge in [-0.3, -0.25) is 15.1 Å². The predicted octanol–water partition coefficient (Wildman–Crippen LogP) is 2.32. The number of amides is 1. The second-order valence-electron chi connectivity index (χ2n) is 8.06. The highest BCUT2D eigenvalue weighted by molar-refractivity contribution is 5.96. The summed E-state index contributed by atoms with van der Waals surface area (Å²) in [4.78, 5) is 23.5. The van der Waals surface area contributed by atoms with Crippen LogP contribution < -0.4 is 10.7 Å². The molecule has 0 radical (unpaired) electrons. The smallest absolute Gasteiger partial charge is 0.251 e. The van der Waals surface area contributed by atoms with Crippen molar-refractivity contribution in [2.75, 3.05) is 44.8 Å². The fourth-order valence-electron chi connectivity index (χ4n) is 3.87. The first-order valence-electron chi connectivity index (χ1n) is 11.5. The molecule has 5 rings (SSSR count). The Morgan fingerprint density at radius 3 is 2.80 bits per heavy atom. The molecular formula is C25H26N8O2. The van der Waals surface area contributed by atoms with Crippen molar-refractivity contribution >= 4 is 29.0 Å². The zero-order valence-electron chi connectivity index (χ0n) is 19.2. The summed E-state index contributed by atoms with van der Waals surface area (Å²) in [5.41, 5.74) is 5.94. The molecule has 2 aromatic carbocycles. The van der Waals surface area contributed by atoms with Crippen LogP contribution in [0.15, 0.2) is 72.2 Å². The maximum Gasteiger partial charge on any atom is 0.251 e. The molecule has 2 aromatic heterocycles. The highest BCUT2D eigenvalue weighted by Crippen LogP contribution is 2.21. The maximum absolute atomic E-state index is 12.6. The minimum absolute atomic E-state index is 0.104. The first-order chi connectivity index (χ1) is 17.3. The van der Waals surface area contributed by atoms with Crippen LogP contribution in [0.1, 0.15) is 15.9 Å². The van der Waals surface area contributed by atoms with Gasteiger partial charge >= 0.3 is 0 Å². The number of carbonyl (C=O) groups is 1. The molecule has 0 saturated carbocycles. The van der Waals surface area contributed by atoms with Gasteiger partial charge in [-0.2, -0.15) is 10.2 Å². The molecule has 4 aromatic rings. The molecule has 0 aliphatic carbocycles. The number of hydrogen-bond donors (Lipinski definition) is 2. The van der Waals surface area contributed by atoms with Gasteiger partial charge in [-0.1, -0.05) is 30.3 Å². The lowest BCUT2D eigenvalue weighted by Crippen LogP contribution is -2.41. The number of hydrogen-bond acceptors (Lipinski definition) is 8. The van der Waals surface area contributed by atoms with E-state index in [2.05, 4.69) is 35.8 Å². The van der Waals surface area contributed by atoms with Crippen LogP contribution in [0, 0.1) is 0 Å². The topological polar surface area (TPSA) is 110 Å². The molecule has 0 unspecified atom stereocenters. The van der Waals surface area contributed by atoms with Crippen LogP contribution in [-0.4, -0.2) is 76.2 Å². The van der Waals surface area contributed by atoms with Gasteiger partial charge in [-0.25, -0.2) is 14.6 Å². The van der Waals surface area contributed by atoms with Crippen LogP contribution in [0.3, 0.4) is 0 Å². The van der Waals surface area contributed by atoms with Crippen LogP contribution in [0.5, 0.6) is 0 Å². The molecule has 0 atom stereocenters. The van der Waals surface area contributed by atoms with Gasteiger partial charge in [-0.15, -0.1) is 0 Å². The fraction of sp³-hybridized carbons (Fsp3) is 0.240. The van der Waals surface area contributed by atoms with Crippen LogP contribution in [-0.2, 0) is 4.74 Å². The number of aromatic nitrogens is 4. The van der Waals surface area contributed by atoms with Gasteiger partial charge in [0.2, 0.25) is 0 Å². The molecule has 178 valence electrons. The first kappa shape index (κ1) is 22.6. The molecule has 1 saturated heterocycles. The zero-order chi connectivity index (χ0) is 23.9. The molecule has 1 aliphatic heterocycles. The fourth-order valence-corrected chi connectivity index (χ4v) is 3.87. The Balaban J connectivity index is 1.22. The number of fused-ring (bicyclic) bond motifs is 1. The largest absolute Gasteiger partial charge is 0.379 e. The van der Waals surface area contributed by atoms with Crippen LogP contribution in [0.25, 0.3) is 16.7 Å². The normalized spacial score (nSPS) is 14.4. The molecule has 35 heavy (non-hydrogen) atoms. The second kappa shape index (κ2) is 10.9. The Hall–Kier alpha value is -4.15. The minimum Gasteiger partial charge on any atom is -0.379 e. The average molecular weight is 471 g/mol. The van der Waals surface area contributed by atoms with E-state index in [1.807, 2.05) is 42.5 Å². The van der Waals surface area contributed by atoms with Gasteiger partial charge in [-0.05, 0) is 29.8 Å². The second-order valence-corrected chi connectivity index (χ2v) is 8.06. The number of ether oxygens (including phenoxy) is 1. The lowest BCUT2D eigenvalue weighted by Gasteiger charge is -2.26. The van der Waals surface area contributed by atoms with Crippen LogP contribution in [0.4, 0.5) is 5.82 Å². The van der Waals surface area contributed by atoms with Gasteiger partial charge in [0.05, 0.1) is 36.7 Å². The van der Waals surface area contributed by atoms with E-state index in [0.717, 1.165) is 49.5 Å². The van der Waals surface area contributed by atoms with Crippen molar-refractivity contribution in [2.24, 2.45) is 5.10 Å². The van der Waals surface area contributed by atoms with E-state index in [1.54, 1.807) is 29.2 Å². The molecule has 0 bridgehead atoms. The lowest BCUT2D eigenvalue weighted by molar-refractivity contribution is 0.0383. The minimum atomic E-state index is -0.104. The van der Waals surface area contributed by atoms with E-state index >= 15 is 0 Å². The summed E-state index contributed by atoms with van der Waals surface area (Å²) < 4.78 is 7.11. The number of nitrogens with one attached hydrogen (secondary N) is 2.